The molecule has 168 valence electrons. The van der Waals surface area contributed by atoms with Crippen molar-refractivity contribution >= 4 is 46.5 Å². The van der Waals surface area contributed by atoms with Gasteiger partial charge in [-0.3, -0.25) is 0 Å². The molecule has 9 heteroatoms. The molecular weight excluding hydrogens is 477 g/mol. The fourth-order valence-electron chi connectivity index (χ4n) is 2.98. The van der Waals surface area contributed by atoms with Crippen molar-refractivity contribution in [3.63, 3.8) is 0 Å². The zero-order valence-electron chi connectivity index (χ0n) is 17.2. The van der Waals surface area contributed by atoms with Gasteiger partial charge in [0.2, 0.25) is 0 Å². The third kappa shape index (κ3) is 5.71. The Morgan fingerprint density at radius 1 is 0.875 bits per heavy atom. The number of anilines is 1. The van der Waals surface area contributed by atoms with Crippen molar-refractivity contribution in [2.24, 2.45) is 0 Å². The summed E-state index contributed by atoms with van der Waals surface area (Å²) in [4.78, 5) is 11.3. The van der Waals surface area contributed by atoms with Gasteiger partial charge in [-0.25, -0.2) is 4.79 Å². The Morgan fingerprint density at radius 2 is 1.59 bits per heavy atom. The van der Waals surface area contributed by atoms with Crippen LogP contribution in [0.15, 0.2) is 48.5 Å². The van der Waals surface area contributed by atoms with E-state index in [1.54, 1.807) is 30.3 Å². The van der Waals surface area contributed by atoms with E-state index in [2.05, 4.69) is 5.32 Å². The zero-order valence-corrected chi connectivity index (χ0v) is 19.5. The fourth-order valence-corrected chi connectivity index (χ4v) is 3.59. The van der Waals surface area contributed by atoms with Crippen LogP contribution >= 0.6 is 34.8 Å². The Labute approximate surface area is 200 Å². The molecule has 3 rings (SSSR count). The molecule has 6 nitrogen and oxygen atoms in total. The average molecular weight is 497 g/mol. The van der Waals surface area contributed by atoms with Gasteiger partial charge in [-0.15, -0.1) is 0 Å². The number of carbonyl (C=O) groups is 1. The van der Waals surface area contributed by atoms with E-state index in [0.717, 1.165) is 11.1 Å². The second kappa shape index (κ2) is 10.7. The van der Waals surface area contributed by atoms with Gasteiger partial charge in [-0.05, 0) is 53.6 Å². The molecule has 0 radical (unpaired) electrons. The van der Waals surface area contributed by atoms with Crippen LogP contribution in [-0.4, -0.2) is 25.3 Å². The predicted octanol–water partition coefficient (Wildman–Crippen LogP) is 6.55. The van der Waals surface area contributed by atoms with Crippen molar-refractivity contribution in [2.75, 3.05) is 19.5 Å². The molecule has 0 aromatic heterocycles. The lowest BCUT2D eigenvalue weighted by atomic mass is 10.1. The van der Waals surface area contributed by atoms with Crippen LogP contribution in [0.25, 0.3) is 0 Å². The van der Waals surface area contributed by atoms with Gasteiger partial charge in [0.25, 0.3) is 0 Å². The topological polar surface area (TPSA) is 77.0 Å². The van der Waals surface area contributed by atoms with E-state index in [0.29, 0.717) is 44.5 Å². The highest BCUT2D eigenvalue weighted by molar-refractivity contribution is 6.42. The van der Waals surface area contributed by atoms with E-state index in [1.807, 2.05) is 6.07 Å². The number of carboxylic acid groups (broad SMARTS) is 1. The van der Waals surface area contributed by atoms with Gasteiger partial charge in [-0.1, -0.05) is 40.9 Å². The standard InChI is InChI=1S/C23H20Cl3NO5/c1-30-20-6-4-15(23(28)29)10-19(20)27-11-14-8-18(26)22(21(9-14)31-2)32-12-13-3-5-16(24)17(25)7-13/h3-10,27H,11-12H2,1-2H3,(H,28,29). The first-order chi connectivity index (χ1) is 15.3. The van der Waals surface area contributed by atoms with Gasteiger partial charge in [0.05, 0.1) is 40.5 Å². The van der Waals surface area contributed by atoms with Crippen LogP contribution in [0, 0.1) is 0 Å². The normalized spacial score (nSPS) is 10.5. The maximum absolute atomic E-state index is 11.3. The van der Waals surface area contributed by atoms with E-state index in [1.165, 1.54) is 26.4 Å². The first-order valence-corrected chi connectivity index (χ1v) is 10.5. The summed E-state index contributed by atoms with van der Waals surface area (Å²) in [6.07, 6.45) is 0. The lowest BCUT2D eigenvalue weighted by Crippen LogP contribution is -2.05. The molecule has 0 aliphatic rings. The Kier molecular flexibility index (Phi) is 7.96. The summed E-state index contributed by atoms with van der Waals surface area (Å²) in [5.74, 6) is 0.355. The zero-order chi connectivity index (χ0) is 23.3. The van der Waals surface area contributed by atoms with Gasteiger partial charge in [0, 0.05) is 6.54 Å². The van der Waals surface area contributed by atoms with Crippen LogP contribution in [0.1, 0.15) is 21.5 Å². The molecule has 0 aliphatic carbocycles. The monoisotopic (exact) mass is 495 g/mol. The fraction of sp³-hybridized carbons (Fsp3) is 0.174. The van der Waals surface area contributed by atoms with E-state index in [4.69, 9.17) is 49.0 Å². The largest absolute Gasteiger partial charge is 0.495 e. The van der Waals surface area contributed by atoms with Crippen LogP contribution < -0.4 is 19.5 Å². The molecule has 0 heterocycles. The van der Waals surface area contributed by atoms with Crippen LogP contribution in [-0.2, 0) is 13.2 Å². The Hall–Kier alpha value is -2.80. The minimum Gasteiger partial charge on any atom is -0.495 e. The van der Waals surface area contributed by atoms with Gasteiger partial charge in [-0.2, -0.15) is 0 Å². The minimum atomic E-state index is -1.02. The second-order valence-corrected chi connectivity index (χ2v) is 7.94. The first kappa shape index (κ1) is 23.9. The van der Waals surface area contributed by atoms with Crippen molar-refractivity contribution in [1.29, 1.82) is 0 Å². The number of nitrogens with one attached hydrogen (secondary N) is 1. The average Bonchev–Trinajstić information content (AvgIpc) is 2.78. The molecule has 0 unspecified atom stereocenters. The molecule has 0 saturated heterocycles. The molecule has 2 N–H and O–H groups in total. The number of rotatable bonds is 9. The van der Waals surface area contributed by atoms with E-state index in [-0.39, 0.29) is 12.2 Å². The number of ether oxygens (including phenoxy) is 3. The molecule has 0 aliphatic heterocycles. The summed E-state index contributed by atoms with van der Waals surface area (Å²) in [5.41, 5.74) is 2.32. The molecule has 0 atom stereocenters. The molecule has 0 bridgehead atoms. The smallest absolute Gasteiger partial charge is 0.335 e. The summed E-state index contributed by atoms with van der Waals surface area (Å²) >= 11 is 18.5. The number of hydrogen-bond donors (Lipinski definition) is 2. The van der Waals surface area contributed by atoms with Crippen LogP contribution in [0.4, 0.5) is 5.69 Å². The molecule has 0 fully saturated rings. The lowest BCUT2D eigenvalue weighted by molar-refractivity contribution is 0.0697. The molecule has 0 saturated carbocycles. The Balaban J connectivity index is 1.77. The molecule has 3 aromatic carbocycles. The predicted molar refractivity (Wildman–Crippen MR) is 126 cm³/mol. The van der Waals surface area contributed by atoms with Crippen molar-refractivity contribution in [3.8, 4) is 17.2 Å². The van der Waals surface area contributed by atoms with Gasteiger partial charge in [0.1, 0.15) is 12.4 Å². The number of aromatic carboxylic acids is 1. The molecule has 0 spiro atoms. The molecule has 3 aromatic rings. The highest BCUT2D eigenvalue weighted by Gasteiger charge is 2.14. The van der Waals surface area contributed by atoms with Crippen molar-refractivity contribution in [1.82, 2.24) is 0 Å². The maximum atomic E-state index is 11.3. The van der Waals surface area contributed by atoms with Gasteiger partial charge < -0.3 is 24.6 Å². The third-order valence-electron chi connectivity index (χ3n) is 4.59. The van der Waals surface area contributed by atoms with Crippen LogP contribution in [0.2, 0.25) is 15.1 Å². The summed E-state index contributed by atoms with van der Waals surface area (Å²) < 4.78 is 16.6. The minimum absolute atomic E-state index is 0.148. The van der Waals surface area contributed by atoms with E-state index in [9.17, 15) is 9.90 Å². The van der Waals surface area contributed by atoms with E-state index < -0.39 is 5.97 Å². The Morgan fingerprint density at radius 3 is 2.25 bits per heavy atom. The second-order valence-electron chi connectivity index (χ2n) is 6.72. The van der Waals surface area contributed by atoms with Crippen molar-refractivity contribution in [2.45, 2.75) is 13.2 Å². The third-order valence-corrected chi connectivity index (χ3v) is 5.61. The number of carboxylic acids is 1. The van der Waals surface area contributed by atoms with Gasteiger partial charge >= 0.3 is 5.97 Å². The first-order valence-electron chi connectivity index (χ1n) is 9.40. The highest BCUT2D eigenvalue weighted by atomic mass is 35.5. The summed E-state index contributed by atoms with van der Waals surface area (Å²) in [5, 5.41) is 13.7. The molecule has 0 amide bonds. The number of hydrogen-bond acceptors (Lipinski definition) is 5. The molecule has 32 heavy (non-hydrogen) atoms. The maximum Gasteiger partial charge on any atom is 0.335 e. The quantitative estimate of drug-likeness (QED) is 0.350. The SMILES string of the molecule is COc1ccc(C(=O)O)cc1NCc1cc(Cl)c(OCc2ccc(Cl)c(Cl)c2)c(OC)c1. The van der Waals surface area contributed by atoms with Crippen LogP contribution in [0.5, 0.6) is 17.2 Å². The summed E-state index contributed by atoms with van der Waals surface area (Å²) in [6, 6.07) is 13.3. The number of methoxy groups -OCH3 is 2. The van der Waals surface area contributed by atoms with E-state index >= 15 is 0 Å². The highest BCUT2D eigenvalue weighted by Crippen LogP contribution is 2.38. The van der Waals surface area contributed by atoms with Crippen LogP contribution in [0.3, 0.4) is 0 Å². The lowest BCUT2D eigenvalue weighted by Gasteiger charge is -2.16. The number of benzene rings is 3. The Bertz CT molecular complexity index is 1140. The summed E-state index contributed by atoms with van der Waals surface area (Å²) in [7, 11) is 3.04. The van der Waals surface area contributed by atoms with Crippen molar-refractivity contribution in [3.05, 3.63) is 80.3 Å². The van der Waals surface area contributed by atoms with Gasteiger partial charge in [0.15, 0.2) is 11.5 Å². The molecular formula is C23H20Cl3NO5. The number of halogens is 3. The summed E-state index contributed by atoms with van der Waals surface area (Å²) in [6.45, 7) is 0.576. The van der Waals surface area contributed by atoms with Crippen molar-refractivity contribution < 1.29 is 24.1 Å².